The Hall–Kier alpha value is -2.53. The van der Waals surface area contributed by atoms with Crippen LogP contribution in [0.5, 0.6) is 11.5 Å². The van der Waals surface area contributed by atoms with Gasteiger partial charge in [-0.3, -0.25) is 10.1 Å². The van der Waals surface area contributed by atoms with Crippen molar-refractivity contribution in [3.63, 3.8) is 0 Å². The fourth-order valence-corrected chi connectivity index (χ4v) is 1.98. The van der Waals surface area contributed by atoms with Crippen molar-refractivity contribution < 1.29 is 19.1 Å². The number of benzene rings is 2. The Kier molecular flexibility index (Phi) is 5.01. The van der Waals surface area contributed by atoms with Gasteiger partial charge in [0.05, 0.1) is 7.11 Å². The molecule has 6 heteroatoms. The zero-order chi connectivity index (χ0) is 16.1. The number of hydrogen-bond acceptors (Lipinski definition) is 4. The highest BCUT2D eigenvalue weighted by molar-refractivity contribution is 6.31. The standard InChI is InChI=1S/C16H14ClNO4/c1-10-3-5-12(17)8-13(10)18-16(20)22-14-6-4-11(9-19)7-15(14)21-2/h3-9H,1-2H3,(H,18,20). The van der Waals surface area contributed by atoms with Crippen molar-refractivity contribution in [1.82, 2.24) is 0 Å². The van der Waals surface area contributed by atoms with E-state index in [1.54, 1.807) is 18.2 Å². The van der Waals surface area contributed by atoms with E-state index in [-0.39, 0.29) is 5.75 Å². The van der Waals surface area contributed by atoms with Crippen LogP contribution in [0.1, 0.15) is 15.9 Å². The first-order chi connectivity index (χ1) is 10.5. The van der Waals surface area contributed by atoms with E-state index in [0.29, 0.717) is 28.3 Å². The molecule has 0 saturated heterocycles. The molecule has 0 bridgehead atoms. The average Bonchev–Trinajstić information content (AvgIpc) is 2.51. The van der Waals surface area contributed by atoms with Crippen molar-refractivity contribution in [2.24, 2.45) is 0 Å². The Morgan fingerprint density at radius 1 is 1.18 bits per heavy atom. The Morgan fingerprint density at radius 3 is 2.64 bits per heavy atom. The molecule has 0 aromatic heterocycles. The predicted octanol–water partition coefficient (Wildman–Crippen LogP) is 4.08. The van der Waals surface area contributed by atoms with Gasteiger partial charge in [-0.25, -0.2) is 4.79 Å². The summed E-state index contributed by atoms with van der Waals surface area (Å²) < 4.78 is 10.3. The predicted molar refractivity (Wildman–Crippen MR) is 84.2 cm³/mol. The smallest absolute Gasteiger partial charge is 0.417 e. The van der Waals surface area contributed by atoms with Crippen molar-refractivity contribution in [3.8, 4) is 11.5 Å². The molecule has 1 N–H and O–H groups in total. The number of halogens is 1. The number of methoxy groups -OCH3 is 1. The van der Waals surface area contributed by atoms with E-state index in [0.717, 1.165) is 5.56 Å². The molecule has 0 spiro atoms. The number of aryl methyl sites for hydroxylation is 1. The number of carbonyl (C=O) groups excluding carboxylic acids is 2. The van der Waals surface area contributed by atoms with Gasteiger partial charge in [0.2, 0.25) is 0 Å². The van der Waals surface area contributed by atoms with Crippen LogP contribution in [0.15, 0.2) is 36.4 Å². The number of hydrogen-bond donors (Lipinski definition) is 1. The van der Waals surface area contributed by atoms with Gasteiger partial charge in [-0.05, 0) is 42.8 Å². The van der Waals surface area contributed by atoms with E-state index in [2.05, 4.69) is 5.32 Å². The second kappa shape index (κ2) is 6.95. The third-order valence-electron chi connectivity index (χ3n) is 2.96. The number of amides is 1. The molecular formula is C16H14ClNO4. The molecule has 2 rings (SSSR count). The third kappa shape index (κ3) is 3.77. The normalized spacial score (nSPS) is 9.95. The summed E-state index contributed by atoms with van der Waals surface area (Å²) in [7, 11) is 1.43. The quantitative estimate of drug-likeness (QED) is 0.862. The van der Waals surface area contributed by atoms with E-state index in [1.165, 1.54) is 25.3 Å². The number of aldehydes is 1. The molecule has 0 aliphatic carbocycles. The molecule has 2 aromatic rings. The second-order valence-electron chi connectivity index (χ2n) is 4.50. The molecule has 0 unspecified atom stereocenters. The molecule has 114 valence electrons. The zero-order valence-electron chi connectivity index (χ0n) is 12.1. The van der Waals surface area contributed by atoms with Crippen molar-refractivity contribution >= 4 is 29.7 Å². The molecule has 0 heterocycles. The van der Waals surface area contributed by atoms with E-state index >= 15 is 0 Å². The maximum atomic E-state index is 12.0. The van der Waals surface area contributed by atoms with Crippen LogP contribution >= 0.6 is 11.6 Å². The van der Waals surface area contributed by atoms with Crippen LogP contribution in [-0.4, -0.2) is 19.5 Å². The second-order valence-corrected chi connectivity index (χ2v) is 4.94. The molecule has 1 amide bonds. The van der Waals surface area contributed by atoms with Gasteiger partial charge in [0, 0.05) is 16.3 Å². The molecule has 0 fully saturated rings. The Labute approximate surface area is 132 Å². The van der Waals surface area contributed by atoms with Crippen LogP contribution in [0.4, 0.5) is 10.5 Å². The Morgan fingerprint density at radius 2 is 1.95 bits per heavy atom. The molecular weight excluding hydrogens is 306 g/mol. The van der Waals surface area contributed by atoms with Crippen LogP contribution in [0.2, 0.25) is 5.02 Å². The fraction of sp³-hybridized carbons (Fsp3) is 0.125. The van der Waals surface area contributed by atoms with Crippen LogP contribution in [0.3, 0.4) is 0 Å². The highest BCUT2D eigenvalue weighted by Crippen LogP contribution is 2.28. The van der Waals surface area contributed by atoms with Crippen LogP contribution in [0.25, 0.3) is 0 Å². The Balaban J connectivity index is 2.15. The van der Waals surface area contributed by atoms with Crippen LogP contribution in [0, 0.1) is 6.92 Å². The maximum Gasteiger partial charge on any atom is 0.417 e. The van der Waals surface area contributed by atoms with Crippen molar-refractivity contribution in [2.45, 2.75) is 6.92 Å². The number of carbonyl (C=O) groups is 2. The minimum atomic E-state index is -0.678. The summed E-state index contributed by atoms with van der Waals surface area (Å²) in [5.41, 5.74) is 1.83. The lowest BCUT2D eigenvalue weighted by Gasteiger charge is -2.12. The van der Waals surface area contributed by atoms with Gasteiger partial charge in [0.15, 0.2) is 11.5 Å². The summed E-state index contributed by atoms with van der Waals surface area (Å²) in [5.74, 6) is 0.507. The molecule has 0 atom stereocenters. The minimum absolute atomic E-state index is 0.213. The van der Waals surface area contributed by atoms with Crippen molar-refractivity contribution in [2.75, 3.05) is 12.4 Å². The average molecular weight is 320 g/mol. The topological polar surface area (TPSA) is 64.6 Å². The largest absolute Gasteiger partial charge is 0.493 e. The molecule has 5 nitrogen and oxygen atoms in total. The van der Waals surface area contributed by atoms with E-state index < -0.39 is 6.09 Å². The number of ether oxygens (including phenoxy) is 2. The molecule has 0 aliphatic rings. The summed E-state index contributed by atoms with van der Waals surface area (Å²) in [5, 5.41) is 3.12. The van der Waals surface area contributed by atoms with Crippen LogP contribution in [-0.2, 0) is 0 Å². The third-order valence-corrected chi connectivity index (χ3v) is 3.20. The summed E-state index contributed by atoms with van der Waals surface area (Å²) in [6, 6.07) is 9.66. The first-order valence-electron chi connectivity index (χ1n) is 6.41. The highest BCUT2D eigenvalue weighted by atomic mass is 35.5. The lowest BCUT2D eigenvalue weighted by Crippen LogP contribution is -2.17. The summed E-state index contributed by atoms with van der Waals surface area (Å²) in [6.07, 6.45) is 0.00402. The first kappa shape index (κ1) is 15.9. The monoisotopic (exact) mass is 319 g/mol. The molecule has 0 saturated carbocycles. The van der Waals surface area contributed by atoms with Gasteiger partial charge in [-0.1, -0.05) is 17.7 Å². The first-order valence-corrected chi connectivity index (χ1v) is 6.79. The van der Waals surface area contributed by atoms with Crippen molar-refractivity contribution in [1.29, 1.82) is 0 Å². The lowest BCUT2D eigenvalue weighted by molar-refractivity contribution is 0.112. The number of nitrogens with one attached hydrogen (secondary N) is 1. The summed E-state index contributed by atoms with van der Waals surface area (Å²) in [4.78, 5) is 22.7. The maximum absolute atomic E-state index is 12.0. The van der Waals surface area contributed by atoms with Gasteiger partial charge in [0.1, 0.15) is 6.29 Å². The molecule has 0 radical (unpaired) electrons. The van der Waals surface area contributed by atoms with Crippen molar-refractivity contribution in [3.05, 3.63) is 52.5 Å². The highest BCUT2D eigenvalue weighted by Gasteiger charge is 2.12. The van der Waals surface area contributed by atoms with Crippen LogP contribution < -0.4 is 14.8 Å². The van der Waals surface area contributed by atoms with E-state index in [9.17, 15) is 9.59 Å². The van der Waals surface area contributed by atoms with Gasteiger partial charge in [0.25, 0.3) is 0 Å². The van der Waals surface area contributed by atoms with Gasteiger partial charge < -0.3 is 9.47 Å². The summed E-state index contributed by atoms with van der Waals surface area (Å²) >= 11 is 5.90. The zero-order valence-corrected chi connectivity index (χ0v) is 12.8. The van der Waals surface area contributed by atoms with E-state index in [4.69, 9.17) is 21.1 Å². The fourth-order valence-electron chi connectivity index (χ4n) is 1.81. The van der Waals surface area contributed by atoms with Gasteiger partial charge in [-0.2, -0.15) is 0 Å². The number of anilines is 1. The molecule has 2 aromatic carbocycles. The molecule has 0 aliphatic heterocycles. The van der Waals surface area contributed by atoms with Gasteiger partial charge in [-0.15, -0.1) is 0 Å². The van der Waals surface area contributed by atoms with Gasteiger partial charge >= 0.3 is 6.09 Å². The Bertz CT molecular complexity index is 715. The van der Waals surface area contributed by atoms with E-state index in [1.807, 2.05) is 6.92 Å². The number of rotatable bonds is 4. The minimum Gasteiger partial charge on any atom is -0.493 e. The summed E-state index contributed by atoms with van der Waals surface area (Å²) in [6.45, 7) is 1.84. The lowest BCUT2D eigenvalue weighted by atomic mass is 10.2. The molecule has 22 heavy (non-hydrogen) atoms. The SMILES string of the molecule is COc1cc(C=O)ccc1OC(=O)Nc1cc(Cl)ccc1C.